The van der Waals surface area contributed by atoms with Gasteiger partial charge < -0.3 is 10.5 Å². The Morgan fingerprint density at radius 2 is 2.24 bits per heavy atom. The Labute approximate surface area is 110 Å². The monoisotopic (exact) mass is 260 g/mol. The van der Waals surface area contributed by atoms with Crippen LogP contribution in [0.25, 0.3) is 0 Å². The molecule has 0 amide bonds. The average Bonchev–Trinajstić information content (AvgIpc) is 2.37. The van der Waals surface area contributed by atoms with Gasteiger partial charge in [-0.1, -0.05) is 12.8 Å². The largest absolute Gasteiger partial charge is 0.379 e. The smallest absolute Gasteiger partial charge is 0.0767 e. The predicted molar refractivity (Wildman–Crippen MR) is 76.7 cm³/mol. The molecule has 1 saturated carbocycles. The van der Waals surface area contributed by atoms with Gasteiger partial charge in [0.15, 0.2) is 0 Å². The minimum absolute atomic E-state index is 0.0438. The van der Waals surface area contributed by atoms with Crippen LogP contribution in [0.3, 0.4) is 0 Å². The lowest BCUT2D eigenvalue weighted by molar-refractivity contribution is -0.0753. The molecule has 1 rings (SSSR count). The highest BCUT2D eigenvalue weighted by molar-refractivity contribution is 7.98. The second kappa shape index (κ2) is 6.98. The van der Waals surface area contributed by atoms with E-state index in [1.807, 2.05) is 18.9 Å². The van der Waals surface area contributed by atoms with E-state index in [4.69, 9.17) is 10.5 Å². The number of thioether (sulfide) groups is 1. The van der Waals surface area contributed by atoms with E-state index in [9.17, 15) is 0 Å². The third-order valence-corrected chi connectivity index (χ3v) is 5.15. The number of methoxy groups -OCH3 is 1. The van der Waals surface area contributed by atoms with Crippen molar-refractivity contribution < 1.29 is 4.74 Å². The van der Waals surface area contributed by atoms with Gasteiger partial charge in [0.2, 0.25) is 0 Å². The van der Waals surface area contributed by atoms with Gasteiger partial charge in [0.25, 0.3) is 0 Å². The topological polar surface area (TPSA) is 38.5 Å². The fourth-order valence-electron chi connectivity index (χ4n) is 3.10. The maximum atomic E-state index is 6.11. The maximum absolute atomic E-state index is 6.11. The van der Waals surface area contributed by atoms with E-state index >= 15 is 0 Å². The van der Waals surface area contributed by atoms with Crippen molar-refractivity contribution in [1.82, 2.24) is 4.90 Å². The van der Waals surface area contributed by atoms with Gasteiger partial charge in [-0.15, -0.1) is 0 Å². The standard InChI is InChI=1S/C13H28N2OS/c1-11(9-17-4)15(2)13(10-14)8-6-5-7-12(13)16-3/h11-12H,5-10,14H2,1-4H3. The summed E-state index contributed by atoms with van der Waals surface area (Å²) in [5.41, 5.74) is 6.15. The van der Waals surface area contributed by atoms with Crippen LogP contribution in [-0.2, 0) is 4.74 Å². The average molecular weight is 260 g/mol. The summed E-state index contributed by atoms with van der Waals surface area (Å²) in [6, 6.07) is 0.546. The highest BCUT2D eigenvalue weighted by atomic mass is 32.2. The van der Waals surface area contributed by atoms with E-state index in [0.29, 0.717) is 12.6 Å². The van der Waals surface area contributed by atoms with Gasteiger partial charge in [0.05, 0.1) is 11.6 Å². The number of nitrogens with zero attached hydrogens (tertiary/aromatic N) is 1. The van der Waals surface area contributed by atoms with Crippen LogP contribution in [-0.4, -0.2) is 55.3 Å². The molecule has 1 aliphatic rings. The Morgan fingerprint density at radius 1 is 1.53 bits per heavy atom. The van der Waals surface area contributed by atoms with Crippen LogP contribution in [0.5, 0.6) is 0 Å². The van der Waals surface area contributed by atoms with Crippen LogP contribution in [0.1, 0.15) is 32.6 Å². The van der Waals surface area contributed by atoms with E-state index in [1.165, 1.54) is 12.8 Å². The van der Waals surface area contributed by atoms with Crippen molar-refractivity contribution in [3.05, 3.63) is 0 Å². The lowest BCUT2D eigenvalue weighted by Gasteiger charge is -2.51. The van der Waals surface area contributed by atoms with Gasteiger partial charge in [-0.25, -0.2) is 0 Å². The van der Waals surface area contributed by atoms with Crippen LogP contribution in [0.15, 0.2) is 0 Å². The summed E-state index contributed by atoms with van der Waals surface area (Å²) in [7, 11) is 4.04. The first-order valence-corrected chi connectivity index (χ1v) is 7.96. The van der Waals surface area contributed by atoms with Gasteiger partial charge in [0, 0.05) is 25.4 Å². The molecule has 4 heteroatoms. The third-order valence-electron chi connectivity index (χ3n) is 4.33. The van der Waals surface area contributed by atoms with Crippen molar-refractivity contribution in [2.75, 3.05) is 32.7 Å². The zero-order valence-corrected chi connectivity index (χ0v) is 12.6. The molecule has 0 heterocycles. The van der Waals surface area contributed by atoms with Crippen LogP contribution < -0.4 is 5.73 Å². The second-order valence-electron chi connectivity index (χ2n) is 5.19. The van der Waals surface area contributed by atoms with Crippen molar-refractivity contribution >= 4 is 11.8 Å². The molecule has 3 atom stereocenters. The quantitative estimate of drug-likeness (QED) is 0.792. The Bertz CT molecular complexity index is 227. The SMILES string of the molecule is COC1CCCCC1(CN)N(C)C(C)CSC. The fraction of sp³-hybridized carbons (Fsp3) is 1.00. The number of likely N-dealkylation sites (N-methyl/N-ethyl adjacent to an activating group) is 1. The number of ether oxygens (including phenoxy) is 1. The zero-order valence-electron chi connectivity index (χ0n) is 11.7. The molecule has 0 spiro atoms. The highest BCUT2D eigenvalue weighted by Gasteiger charge is 2.44. The van der Waals surface area contributed by atoms with Gasteiger partial charge >= 0.3 is 0 Å². The highest BCUT2D eigenvalue weighted by Crippen LogP contribution is 2.35. The summed E-state index contributed by atoms with van der Waals surface area (Å²) in [4.78, 5) is 2.47. The van der Waals surface area contributed by atoms with Crippen molar-refractivity contribution in [3.63, 3.8) is 0 Å². The van der Waals surface area contributed by atoms with Crippen LogP contribution >= 0.6 is 11.8 Å². The van der Waals surface area contributed by atoms with E-state index in [2.05, 4.69) is 25.1 Å². The van der Waals surface area contributed by atoms with E-state index in [-0.39, 0.29) is 11.6 Å². The molecule has 0 aromatic carbocycles. The zero-order chi connectivity index (χ0) is 12.9. The van der Waals surface area contributed by atoms with Gasteiger partial charge in [-0.3, -0.25) is 4.90 Å². The fourth-order valence-corrected chi connectivity index (χ4v) is 3.81. The van der Waals surface area contributed by atoms with Crippen molar-refractivity contribution in [2.24, 2.45) is 5.73 Å². The molecule has 3 nitrogen and oxygen atoms in total. The van der Waals surface area contributed by atoms with Crippen LogP contribution in [0.4, 0.5) is 0 Å². The molecule has 2 N–H and O–H groups in total. The Balaban J connectivity index is 2.83. The molecule has 0 aromatic rings. The predicted octanol–water partition coefficient (Wildman–Crippen LogP) is 1.96. The van der Waals surface area contributed by atoms with Gasteiger partial charge in [-0.05, 0) is 33.1 Å². The first kappa shape index (κ1) is 15.3. The van der Waals surface area contributed by atoms with Gasteiger partial charge in [0.1, 0.15) is 0 Å². The summed E-state index contributed by atoms with van der Waals surface area (Å²) < 4.78 is 5.72. The normalized spacial score (nSPS) is 31.8. The molecule has 0 bridgehead atoms. The van der Waals surface area contributed by atoms with Gasteiger partial charge in [-0.2, -0.15) is 11.8 Å². The molecule has 1 fully saturated rings. The first-order chi connectivity index (χ1) is 8.12. The van der Waals surface area contributed by atoms with E-state index < -0.39 is 0 Å². The first-order valence-electron chi connectivity index (χ1n) is 6.57. The molecule has 0 aromatic heterocycles. The van der Waals surface area contributed by atoms with Crippen LogP contribution in [0.2, 0.25) is 0 Å². The molecule has 0 saturated heterocycles. The Morgan fingerprint density at radius 3 is 2.76 bits per heavy atom. The lowest BCUT2D eigenvalue weighted by Crippen LogP contribution is -2.64. The summed E-state index contributed by atoms with van der Waals surface area (Å²) >= 11 is 1.90. The molecule has 0 aliphatic heterocycles. The number of hydrogen-bond donors (Lipinski definition) is 1. The Kier molecular flexibility index (Phi) is 6.27. The van der Waals surface area contributed by atoms with Crippen molar-refractivity contribution in [1.29, 1.82) is 0 Å². The lowest BCUT2D eigenvalue weighted by atomic mass is 9.77. The second-order valence-corrected chi connectivity index (χ2v) is 6.10. The Hall–Kier alpha value is 0.230. The molecule has 102 valence electrons. The molecular weight excluding hydrogens is 232 g/mol. The maximum Gasteiger partial charge on any atom is 0.0767 e. The third kappa shape index (κ3) is 3.16. The van der Waals surface area contributed by atoms with Crippen molar-refractivity contribution in [2.45, 2.75) is 50.3 Å². The number of rotatable bonds is 6. The van der Waals surface area contributed by atoms with Crippen LogP contribution in [0, 0.1) is 0 Å². The molecule has 0 radical (unpaired) electrons. The minimum atomic E-state index is 0.0438. The van der Waals surface area contributed by atoms with E-state index in [0.717, 1.165) is 18.6 Å². The summed E-state index contributed by atoms with van der Waals surface area (Å²) in [6.45, 7) is 2.98. The number of nitrogens with two attached hydrogens (primary N) is 1. The molecular formula is C13H28N2OS. The number of hydrogen-bond acceptors (Lipinski definition) is 4. The van der Waals surface area contributed by atoms with E-state index in [1.54, 1.807) is 0 Å². The molecule has 3 unspecified atom stereocenters. The molecule has 17 heavy (non-hydrogen) atoms. The summed E-state index contributed by atoms with van der Waals surface area (Å²) in [6.07, 6.45) is 7.30. The summed E-state index contributed by atoms with van der Waals surface area (Å²) in [5, 5.41) is 0. The molecule has 1 aliphatic carbocycles. The van der Waals surface area contributed by atoms with Crippen molar-refractivity contribution in [3.8, 4) is 0 Å². The minimum Gasteiger partial charge on any atom is -0.379 e. The summed E-state index contributed by atoms with van der Waals surface area (Å²) in [5.74, 6) is 1.15.